The normalized spacial score (nSPS) is 16.2. The van der Waals surface area contributed by atoms with Crippen LogP contribution in [0.15, 0.2) is 70.5 Å². The molecule has 3 aromatic carbocycles. The first kappa shape index (κ1) is 17.8. The maximum atomic E-state index is 13.8. The average molecular weight is 389 g/mol. The van der Waals surface area contributed by atoms with E-state index in [1.165, 1.54) is 45.8 Å². The van der Waals surface area contributed by atoms with Crippen molar-refractivity contribution in [3.63, 3.8) is 0 Å². The third-order valence-electron chi connectivity index (χ3n) is 4.29. The van der Waals surface area contributed by atoms with Crippen LogP contribution in [0, 0.1) is 11.6 Å². The lowest BCUT2D eigenvalue weighted by Crippen LogP contribution is -2.39. The van der Waals surface area contributed by atoms with Crippen molar-refractivity contribution in [2.75, 3.05) is 26.2 Å². The zero-order valence-corrected chi connectivity index (χ0v) is 15.7. The second-order valence-corrected chi connectivity index (χ2v) is 8.38. The zero-order valence-electron chi connectivity index (χ0n) is 14.1. The van der Waals surface area contributed by atoms with Crippen LogP contribution in [0.4, 0.5) is 8.78 Å². The molecule has 1 fully saturated rings. The summed E-state index contributed by atoms with van der Waals surface area (Å²) in [6, 6.07) is 18.8. The van der Waals surface area contributed by atoms with Crippen LogP contribution >= 0.6 is 23.9 Å². The van der Waals surface area contributed by atoms with E-state index in [-0.39, 0.29) is 4.90 Å². The van der Waals surface area contributed by atoms with E-state index >= 15 is 0 Å². The Balaban J connectivity index is 1.36. The van der Waals surface area contributed by atoms with Crippen LogP contribution in [0.25, 0.3) is 10.8 Å². The molecule has 3 aromatic rings. The van der Waals surface area contributed by atoms with Gasteiger partial charge in [-0.05, 0) is 58.9 Å². The van der Waals surface area contributed by atoms with Crippen LogP contribution in [-0.4, -0.2) is 34.8 Å². The molecule has 26 heavy (non-hydrogen) atoms. The number of nitrogens with zero attached hydrogens (tertiary/aromatic N) is 2. The fraction of sp³-hybridized carbons (Fsp3) is 0.200. The predicted octanol–water partition coefficient (Wildman–Crippen LogP) is 5.45. The lowest BCUT2D eigenvalue weighted by atomic mass is 10.1. The van der Waals surface area contributed by atoms with Gasteiger partial charge < -0.3 is 0 Å². The Labute approximate surface area is 160 Å². The Morgan fingerprint density at radius 3 is 1.96 bits per heavy atom. The number of hydrogen-bond donors (Lipinski definition) is 0. The van der Waals surface area contributed by atoms with Crippen LogP contribution in [0.1, 0.15) is 0 Å². The molecule has 0 unspecified atom stereocenters. The van der Waals surface area contributed by atoms with Crippen LogP contribution in [-0.2, 0) is 0 Å². The standard InChI is InChI=1S/C20H18F2N2S2/c21-18-6-3-7-19(22)20(18)26-24-12-10-23(11-13-24)25-17-9-8-15-4-1-2-5-16(15)14-17/h1-9,14H,10-13H2. The Bertz CT molecular complexity index is 891. The van der Waals surface area contributed by atoms with Crippen LogP contribution in [0.2, 0.25) is 0 Å². The second-order valence-electron chi connectivity index (χ2n) is 6.10. The third-order valence-corrected chi connectivity index (χ3v) is 6.58. The molecule has 6 heteroatoms. The third kappa shape index (κ3) is 4.04. The van der Waals surface area contributed by atoms with Gasteiger partial charge in [-0.1, -0.05) is 36.4 Å². The number of fused-ring (bicyclic) bond motifs is 1. The van der Waals surface area contributed by atoms with Gasteiger partial charge in [-0.15, -0.1) is 0 Å². The summed E-state index contributed by atoms with van der Waals surface area (Å²) in [6.07, 6.45) is 0. The van der Waals surface area contributed by atoms with E-state index in [0.29, 0.717) is 0 Å². The molecule has 1 heterocycles. The number of benzene rings is 3. The van der Waals surface area contributed by atoms with Crippen molar-refractivity contribution in [2.45, 2.75) is 9.79 Å². The Morgan fingerprint density at radius 2 is 1.27 bits per heavy atom. The molecule has 134 valence electrons. The van der Waals surface area contributed by atoms with Gasteiger partial charge in [-0.2, -0.15) is 0 Å². The molecule has 4 rings (SSSR count). The molecule has 0 spiro atoms. The fourth-order valence-electron chi connectivity index (χ4n) is 2.92. The van der Waals surface area contributed by atoms with E-state index in [4.69, 9.17) is 0 Å². The number of hydrogen-bond acceptors (Lipinski definition) is 4. The molecule has 0 bridgehead atoms. The Hall–Kier alpha value is -1.60. The van der Waals surface area contributed by atoms with E-state index in [1.807, 2.05) is 10.4 Å². The van der Waals surface area contributed by atoms with E-state index in [2.05, 4.69) is 40.7 Å². The van der Waals surface area contributed by atoms with Crippen LogP contribution < -0.4 is 0 Å². The summed E-state index contributed by atoms with van der Waals surface area (Å²) < 4.78 is 31.9. The van der Waals surface area contributed by atoms with Gasteiger partial charge in [0.25, 0.3) is 0 Å². The first-order valence-corrected chi connectivity index (χ1v) is 10.0. The largest absolute Gasteiger partial charge is 0.244 e. The molecule has 0 saturated carbocycles. The summed E-state index contributed by atoms with van der Waals surface area (Å²) in [5.74, 6) is -0.995. The molecule has 0 aliphatic carbocycles. The minimum absolute atomic E-state index is 0.0862. The first-order valence-electron chi connectivity index (χ1n) is 8.48. The highest BCUT2D eigenvalue weighted by Gasteiger charge is 2.21. The van der Waals surface area contributed by atoms with Gasteiger partial charge in [0.2, 0.25) is 0 Å². The van der Waals surface area contributed by atoms with Crippen molar-refractivity contribution in [3.05, 3.63) is 72.3 Å². The fourth-order valence-corrected chi connectivity index (χ4v) is 4.79. The summed E-state index contributed by atoms with van der Waals surface area (Å²) >= 11 is 2.92. The smallest absolute Gasteiger partial charge is 0.141 e. The maximum absolute atomic E-state index is 13.8. The molecule has 1 aliphatic rings. The van der Waals surface area contributed by atoms with Crippen molar-refractivity contribution >= 4 is 34.7 Å². The highest BCUT2D eigenvalue weighted by molar-refractivity contribution is 7.97. The summed E-state index contributed by atoms with van der Waals surface area (Å²) in [4.78, 5) is 1.30. The van der Waals surface area contributed by atoms with Crippen LogP contribution in [0.3, 0.4) is 0 Å². The molecule has 0 amide bonds. The molecule has 0 aromatic heterocycles. The zero-order chi connectivity index (χ0) is 17.9. The van der Waals surface area contributed by atoms with Gasteiger partial charge in [0.1, 0.15) is 11.6 Å². The number of halogens is 2. The van der Waals surface area contributed by atoms with Gasteiger partial charge in [0, 0.05) is 31.1 Å². The monoisotopic (exact) mass is 388 g/mol. The van der Waals surface area contributed by atoms with Gasteiger partial charge in [0.05, 0.1) is 4.90 Å². The topological polar surface area (TPSA) is 6.48 Å². The highest BCUT2D eigenvalue weighted by Crippen LogP contribution is 2.32. The van der Waals surface area contributed by atoms with Gasteiger partial charge >= 0.3 is 0 Å². The van der Waals surface area contributed by atoms with E-state index < -0.39 is 11.6 Å². The van der Waals surface area contributed by atoms with Crippen molar-refractivity contribution < 1.29 is 8.78 Å². The Morgan fingerprint density at radius 1 is 0.654 bits per heavy atom. The molecule has 0 radical (unpaired) electrons. The molecule has 1 aliphatic heterocycles. The first-order chi connectivity index (χ1) is 12.7. The number of rotatable bonds is 4. The van der Waals surface area contributed by atoms with E-state index in [1.54, 1.807) is 11.9 Å². The minimum atomic E-state index is -0.497. The van der Waals surface area contributed by atoms with Crippen molar-refractivity contribution in [1.29, 1.82) is 0 Å². The molecule has 0 N–H and O–H groups in total. The van der Waals surface area contributed by atoms with Crippen molar-refractivity contribution in [3.8, 4) is 0 Å². The number of piperazine rings is 1. The molecular formula is C20H18F2N2S2. The molecule has 2 nitrogen and oxygen atoms in total. The predicted molar refractivity (Wildman–Crippen MR) is 105 cm³/mol. The second kappa shape index (κ2) is 7.96. The maximum Gasteiger partial charge on any atom is 0.141 e. The van der Waals surface area contributed by atoms with Crippen molar-refractivity contribution in [1.82, 2.24) is 8.61 Å². The lowest BCUT2D eigenvalue weighted by Gasteiger charge is -2.33. The highest BCUT2D eigenvalue weighted by atomic mass is 32.2. The summed E-state index contributed by atoms with van der Waals surface area (Å²) in [5, 5.41) is 2.48. The lowest BCUT2D eigenvalue weighted by molar-refractivity contribution is 0.308. The van der Waals surface area contributed by atoms with E-state index in [9.17, 15) is 8.78 Å². The van der Waals surface area contributed by atoms with Crippen molar-refractivity contribution in [2.24, 2.45) is 0 Å². The van der Waals surface area contributed by atoms with E-state index in [0.717, 1.165) is 26.2 Å². The SMILES string of the molecule is Fc1cccc(F)c1SN1CCN(Sc2ccc3ccccc3c2)CC1. The summed E-state index contributed by atoms with van der Waals surface area (Å²) in [7, 11) is 0. The average Bonchev–Trinajstić information content (AvgIpc) is 2.66. The van der Waals surface area contributed by atoms with Crippen LogP contribution in [0.5, 0.6) is 0 Å². The summed E-state index contributed by atoms with van der Waals surface area (Å²) in [6.45, 7) is 3.22. The molecule has 0 atom stereocenters. The molecular weight excluding hydrogens is 370 g/mol. The Kier molecular flexibility index (Phi) is 5.45. The van der Waals surface area contributed by atoms with Gasteiger partial charge in [0.15, 0.2) is 0 Å². The molecule has 1 saturated heterocycles. The quantitative estimate of drug-likeness (QED) is 0.548. The van der Waals surface area contributed by atoms with Gasteiger partial charge in [-0.25, -0.2) is 17.4 Å². The minimum Gasteiger partial charge on any atom is -0.244 e. The summed E-state index contributed by atoms with van der Waals surface area (Å²) in [5.41, 5.74) is 0. The van der Waals surface area contributed by atoms with Gasteiger partial charge in [-0.3, -0.25) is 0 Å².